The number of hydrogen-bond donors (Lipinski definition) is 1. The van der Waals surface area contributed by atoms with Crippen LogP contribution < -0.4 is 10.1 Å². The second kappa shape index (κ2) is 10.7. The van der Waals surface area contributed by atoms with Gasteiger partial charge in [0, 0.05) is 20.3 Å². The lowest BCUT2D eigenvalue weighted by Gasteiger charge is -2.09. The highest BCUT2D eigenvalue weighted by Crippen LogP contribution is 2.13. The number of benzene rings is 1. The quantitative estimate of drug-likeness (QED) is 0.627. The molecule has 0 aromatic heterocycles. The fourth-order valence-corrected chi connectivity index (χ4v) is 1.85. The van der Waals surface area contributed by atoms with Gasteiger partial charge in [0.15, 0.2) is 0 Å². The molecule has 0 amide bonds. The van der Waals surface area contributed by atoms with E-state index in [1.807, 2.05) is 0 Å². The van der Waals surface area contributed by atoms with Gasteiger partial charge >= 0.3 is 0 Å². The van der Waals surface area contributed by atoms with Crippen LogP contribution in [0.3, 0.4) is 0 Å². The Morgan fingerprint density at radius 2 is 1.80 bits per heavy atom. The van der Waals surface area contributed by atoms with Gasteiger partial charge in [-0.1, -0.05) is 26.0 Å². The highest BCUT2D eigenvalue weighted by atomic mass is 16.5. The number of hydrogen-bond acceptors (Lipinski definition) is 3. The molecule has 0 spiro atoms. The summed E-state index contributed by atoms with van der Waals surface area (Å²) in [7, 11) is 1.75. The molecule has 3 heteroatoms. The molecule has 0 saturated carbocycles. The molecule has 0 saturated heterocycles. The second-order valence-corrected chi connectivity index (χ2v) is 5.55. The minimum atomic E-state index is 0.691. The van der Waals surface area contributed by atoms with E-state index in [0.29, 0.717) is 5.92 Å². The van der Waals surface area contributed by atoms with Crippen molar-refractivity contribution in [3.63, 3.8) is 0 Å². The van der Waals surface area contributed by atoms with E-state index in [1.54, 1.807) is 7.11 Å². The van der Waals surface area contributed by atoms with Gasteiger partial charge in [0.25, 0.3) is 0 Å². The smallest absolute Gasteiger partial charge is 0.119 e. The van der Waals surface area contributed by atoms with E-state index in [0.717, 1.165) is 51.3 Å². The predicted octanol–water partition coefficient (Wildman–Crippen LogP) is 3.63. The number of unbranched alkanes of at least 4 members (excludes halogenated alkanes) is 1. The van der Waals surface area contributed by atoms with Crippen molar-refractivity contribution in [2.75, 3.05) is 26.9 Å². The van der Waals surface area contributed by atoms with E-state index < -0.39 is 0 Å². The van der Waals surface area contributed by atoms with Gasteiger partial charge in [-0.05, 0) is 49.4 Å². The first-order valence-electron chi connectivity index (χ1n) is 7.63. The Balaban J connectivity index is 2.15. The van der Waals surface area contributed by atoms with Crippen LogP contribution in [0.25, 0.3) is 0 Å². The van der Waals surface area contributed by atoms with Crippen molar-refractivity contribution in [1.82, 2.24) is 5.32 Å². The van der Waals surface area contributed by atoms with Crippen LogP contribution in [-0.4, -0.2) is 26.9 Å². The standard InChI is InChI=1S/C17H29NO2/c1-15(2)10-13-20-17-8-6-16(7-9-17)14-18-11-4-5-12-19-3/h6-9,15,18H,4-5,10-14H2,1-3H3. The summed E-state index contributed by atoms with van der Waals surface area (Å²) >= 11 is 0. The lowest BCUT2D eigenvalue weighted by Crippen LogP contribution is -2.15. The fourth-order valence-electron chi connectivity index (χ4n) is 1.85. The Labute approximate surface area is 123 Å². The molecule has 0 aliphatic rings. The molecular formula is C17H29NO2. The lowest BCUT2D eigenvalue weighted by atomic mass is 10.1. The third-order valence-corrected chi connectivity index (χ3v) is 3.17. The zero-order valence-electron chi connectivity index (χ0n) is 13.2. The molecule has 0 heterocycles. The summed E-state index contributed by atoms with van der Waals surface area (Å²) in [5.41, 5.74) is 1.30. The van der Waals surface area contributed by atoms with Crippen molar-refractivity contribution in [2.24, 2.45) is 5.92 Å². The molecule has 114 valence electrons. The van der Waals surface area contributed by atoms with Crippen molar-refractivity contribution < 1.29 is 9.47 Å². The van der Waals surface area contributed by atoms with Gasteiger partial charge in [-0.3, -0.25) is 0 Å². The summed E-state index contributed by atoms with van der Waals surface area (Å²) in [6, 6.07) is 8.38. The summed E-state index contributed by atoms with van der Waals surface area (Å²) in [6.07, 6.45) is 3.38. The maximum atomic E-state index is 5.71. The van der Waals surface area contributed by atoms with E-state index in [2.05, 4.69) is 43.4 Å². The van der Waals surface area contributed by atoms with Crippen molar-refractivity contribution in [3.05, 3.63) is 29.8 Å². The SMILES string of the molecule is COCCCCNCc1ccc(OCCC(C)C)cc1. The highest BCUT2D eigenvalue weighted by Gasteiger charge is 1.98. The summed E-state index contributed by atoms with van der Waals surface area (Å²) in [5, 5.41) is 3.44. The topological polar surface area (TPSA) is 30.5 Å². The average molecular weight is 279 g/mol. The first-order valence-corrected chi connectivity index (χ1v) is 7.63. The lowest BCUT2D eigenvalue weighted by molar-refractivity contribution is 0.192. The van der Waals surface area contributed by atoms with Crippen LogP contribution in [0, 0.1) is 5.92 Å². The van der Waals surface area contributed by atoms with E-state index >= 15 is 0 Å². The normalized spacial score (nSPS) is 11.0. The molecule has 20 heavy (non-hydrogen) atoms. The Hall–Kier alpha value is -1.06. The highest BCUT2D eigenvalue weighted by molar-refractivity contribution is 5.27. The first-order chi connectivity index (χ1) is 9.72. The van der Waals surface area contributed by atoms with Gasteiger partial charge in [-0.15, -0.1) is 0 Å². The number of rotatable bonds is 11. The predicted molar refractivity (Wildman–Crippen MR) is 84.2 cm³/mol. The first kappa shape index (κ1) is 17.0. The van der Waals surface area contributed by atoms with E-state index in [4.69, 9.17) is 9.47 Å². The van der Waals surface area contributed by atoms with Crippen molar-refractivity contribution >= 4 is 0 Å². The molecule has 1 aromatic rings. The number of methoxy groups -OCH3 is 1. The molecule has 1 aromatic carbocycles. The van der Waals surface area contributed by atoms with Gasteiger partial charge in [0.05, 0.1) is 6.61 Å². The molecule has 0 atom stereocenters. The summed E-state index contributed by atoms with van der Waals surface area (Å²) in [6.45, 7) is 8.03. The maximum Gasteiger partial charge on any atom is 0.119 e. The van der Waals surface area contributed by atoms with Gasteiger partial charge in [0.2, 0.25) is 0 Å². The Morgan fingerprint density at radius 1 is 1.05 bits per heavy atom. The monoisotopic (exact) mass is 279 g/mol. The fraction of sp³-hybridized carbons (Fsp3) is 0.647. The third-order valence-electron chi connectivity index (χ3n) is 3.17. The largest absolute Gasteiger partial charge is 0.494 e. The van der Waals surface area contributed by atoms with Crippen molar-refractivity contribution in [3.8, 4) is 5.75 Å². The molecule has 0 bridgehead atoms. The van der Waals surface area contributed by atoms with E-state index in [9.17, 15) is 0 Å². The van der Waals surface area contributed by atoms with Gasteiger partial charge in [0.1, 0.15) is 5.75 Å². The average Bonchev–Trinajstić information content (AvgIpc) is 2.44. The van der Waals surface area contributed by atoms with Gasteiger partial charge in [-0.25, -0.2) is 0 Å². The molecular weight excluding hydrogens is 250 g/mol. The minimum Gasteiger partial charge on any atom is -0.494 e. The molecule has 0 aliphatic carbocycles. The van der Waals surface area contributed by atoms with Gasteiger partial charge in [-0.2, -0.15) is 0 Å². The molecule has 0 unspecified atom stereocenters. The van der Waals surface area contributed by atoms with Crippen LogP contribution in [0.5, 0.6) is 5.75 Å². The van der Waals surface area contributed by atoms with Crippen LogP contribution in [0.1, 0.15) is 38.7 Å². The van der Waals surface area contributed by atoms with Gasteiger partial charge < -0.3 is 14.8 Å². The Kier molecular flexibility index (Phi) is 9.09. The maximum absolute atomic E-state index is 5.71. The Morgan fingerprint density at radius 3 is 2.45 bits per heavy atom. The Bertz CT molecular complexity index is 335. The van der Waals surface area contributed by atoms with Crippen LogP contribution in [0.15, 0.2) is 24.3 Å². The summed E-state index contributed by atoms with van der Waals surface area (Å²) in [5.74, 6) is 1.66. The van der Waals surface area contributed by atoms with Crippen LogP contribution >= 0.6 is 0 Å². The molecule has 1 N–H and O–H groups in total. The molecule has 0 radical (unpaired) electrons. The second-order valence-electron chi connectivity index (χ2n) is 5.55. The zero-order valence-corrected chi connectivity index (χ0v) is 13.2. The molecule has 3 nitrogen and oxygen atoms in total. The summed E-state index contributed by atoms with van der Waals surface area (Å²) in [4.78, 5) is 0. The van der Waals surface area contributed by atoms with Crippen LogP contribution in [0.4, 0.5) is 0 Å². The van der Waals surface area contributed by atoms with Crippen LogP contribution in [0.2, 0.25) is 0 Å². The van der Waals surface area contributed by atoms with E-state index in [-0.39, 0.29) is 0 Å². The molecule has 1 rings (SSSR count). The molecule has 0 aliphatic heterocycles. The zero-order chi connectivity index (χ0) is 14.6. The molecule has 0 fully saturated rings. The van der Waals surface area contributed by atoms with Crippen molar-refractivity contribution in [1.29, 1.82) is 0 Å². The van der Waals surface area contributed by atoms with Crippen molar-refractivity contribution in [2.45, 2.75) is 39.7 Å². The number of nitrogens with one attached hydrogen (secondary N) is 1. The minimum absolute atomic E-state index is 0.691. The van der Waals surface area contributed by atoms with Crippen LogP contribution in [-0.2, 0) is 11.3 Å². The number of ether oxygens (including phenoxy) is 2. The third kappa shape index (κ3) is 8.18. The summed E-state index contributed by atoms with van der Waals surface area (Å²) < 4.78 is 10.7. The van der Waals surface area contributed by atoms with E-state index in [1.165, 1.54) is 5.56 Å².